The highest BCUT2D eigenvalue weighted by Gasteiger charge is 2.11. The van der Waals surface area contributed by atoms with Gasteiger partial charge in [0.05, 0.1) is 12.4 Å². The molecule has 1 rings (SSSR count). The van der Waals surface area contributed by atoms with Crippen molar-refractivity contribution >= 4 is 26.7 Å². The molecule has 0 saturated carbocycles. The molecule has 9 heteroatoms. The van der Waals surface area contributed by atoms with Gasteiger partial charge in [-0.1, -0.05) is 9.59 Å². The molecule has 1 aromatic heterocycles. The number of anilines is 1. The smallest absolute Gasteiger partial charge is 0.238 e. The molecule has 0 aliphatic heterocycles. The van der Waals surface area contributed by atoms with Gasteiger partial charge in [-0.05, 0) is 5.21 Å². The fourth-order valence-electron chi connectivity index (χ4n) is 0.477. The third kappa shape index (κ3) is 2.68. The second kappa shape index (κ2) is 3.74. The molecule has 0 bridgehead atoms. The van der Waals surface area contributed by atoms with E-state index in [0.29, 0.717) is 0 Å². The Bertz CT molecular complexity index is 319. The van der Waals surface area contributed by atoms with Crippen LogP contribution in [0.1, 0.15) is 0 Å². The molecule has 7 nitrogen and oxygen atoms in total. The minimum Gasteiger partial charge on any atom is -0.395 e. The van der Waals surface area contributed by atoms with E-state index < -0.39 is 16.6 Å². The number of aliphatic hydroxyl groups is 1. The number of hydrogen-bond acceptors (Lipinski definition) is 7. The van der Waals surface area contributed by atoms with Gasteiger partial charge in [-0.15, -0.1) is 0 Å². The average molecular weight is 210 g/mol. The average Bonchev–Trinajstić information content (AvgIpc) is 2.38. The molecule has 0 saturated heterocycles. The zero-order valence-electron chi connectivity index (χ0n) is 5.84. The molecule has 0 unspecified atom stereocenters. The van der Waals surface area contributed by atoms with Crippen molar-refractivity contribution in [2.24, 2.45) is 0 Å². The van der Waals surface area contributed by atoms with E-state index in [9.17, 15) is 8.42 Å². The summed E-state index contributed by atoms with van der Waals surface area (Å²) in [7, 11) is -3.49. The van der Waals surface area contributed by atoms with Crippen LogP contribution in [-0.4, -0.2) is 40.7 Å². The van der Waals surface area contributed by atoms with Crippen LogP contribution >= 0.6 is 11.5 Å². The highest BCUT2D eigenvalue weighted by atomic mass is 32.2. The van der Waals surface area contributed by atoms with E-state index >= 15 is 0 Å². The standard InChI is InChI=1S/C3H6N4O3S2/c8-1-2-12(9,10)5-3-4-6-7-11-3/h8H,1-2H2,(H,4,5,7). The topological polar surface area (TPSA) is 105 Å². The van der Waals surface area contributed by atoms with Gasteiger partial charge in [-0.2, -0.15) is 0 Å². The summed E-state index contributed by atoms with van der Waals surface area (Å²) in [5.74, 6) is -0.355. The molecule has 0 aliphatic carbocycles. The largest absolute Gasteiger partial charge is 0.395 e. The number of aliphatic hydroxyl groups excluding tert-OH is 1. The minimum atomic E-state index is -3.49. The zero-order chi connectivity index (χ0) is 9.03. The molecule has 1 aromatic rings. The van der Waals surface area contributed by atoms with Gasteiger partial charge in [0.25, 0.3) is 0 Å². The quantitative estimate of drug-likeness (QED) is 0.637. The first-order valence-corrected chi connectivity index (χ1v) is 5.33. The predicted octanol–water partition coefficient (Wildman–Crippen LogP) is -1.33. The van der Waals surface area contributed by atoms with Crippen molar-refractivity contribution in [3.63, 3.8) is 0 Å². The number of hydrogen-bond donors (Lipinski definition) is 2. The van der Waals surface area contributed by atoms with Crippen molar-refractivity contribution in [1.29, 1.82) is 0 Å². The van der Waals surface area contributed by atoms with Crippen molar-refractivity contribution in [2.75, 3.05) is 17.1 Å². The molecule has 0 amide bonds. The van der Waals surface area contributed by atoms with Crippen LogP contribution in [0.2, 0.25) is 0 Å². The molecule has 0 radical (unpaired) electrons. The van der Waals surface area contributed by atoms with E-state index in [-0.39, 0.29) is 10.9 Å². The number of sulfonamides is 1. The molecule has 0 spiro atoms. The van der Waals surface area contributed by atoms with E-state index in [1.807, 2.05) is 0 Å². The van der Waals surface area contributed by atoms with Gasteiger partial charge in [-0.3, -0.25) is 4.72 Å². The van der Waals surface area contributed by atoms with E-state index in [2.05, 4.69) is 19.5 Å². The molecule has 2 N–H and O–H groups in total. The summed E-state index contributed by atoms with van der Waals surface area (Å²) in [5.41, 5.74) is 0. The van der Waals surface area contributed by atoms with Crippen molar-refractivity contribution in [3.8, 4) is 0 Å². The summed E-state index contributed by atoms with van der Waals surface area (Å²) >= 11 is 0.832. The van der Waals surface area contributed by atoms with Gasteiger partial charge in [0.15, 0.2) is 0 Å². The summed E-state index contributed by atoms with van der Waals surface area (Å²) in [6, 6.07) is 0. The maximum absolute atomic E-state index is 10.9. The van der Waals surface area contributed by atoms with Gasteiger partial charge in [0.2, 0.25) is 15.2 Å². The third-order valence-corrected chi connectivity index (χ3v) is 2.77. The summed E-state index contributed by atoms with van der Waals surface area (Å²) < 4.78 is 27.3. The first kappa shape index (κ1) is 9.29. The lowest BCUT2D eigenvalue weighted by Crippen LogP contribution is -2.18. The van der Waals surface area contributed by atoms with E-state index in [4.69, 9.17) is 5.11 Å². The maximum atomic E-state index is 10.9. The Balaban J connectivity index is 2.63. The second-order valence-corrected chi connectivity index (χ2v) is 4.39. The lowest BCUT2D eigenvalue weighted by molar-refractivity contribution is 0.320. The first-order chi connectivity index (χ1) is 5.64. The number of aromatic nitrogens is 3. The van der Waals surface area contributed by atoms with E-state index in [0.717, 1.165) is 11.5 Å². The first-order valence-electron chi connectivity index (χ1n) is 2.90. The fraction of sp³-hybridized carbons (Fsp3) is 0.667. The Hall–Kier alpha value is -0.800. The van der Waals surface area contributed by atoms with Gasteiger partial charge in [0.1, 0.15) is 0 Å². The van der Waals surface area contributed by atoms with Gasteiger partial charge in [-0.25, -0.2) is 8.42 Å². The minimum absolute atomic E-state index is 0.100. The van der Waals surface area contributed by atoms with Gasteiger partial charge >= 0.3 is 0 Å². The zero-order valence-corrected chi connectivity index (χ0v) is 7.47. The Kier molecular flexibility index (Phi) is 2.89. The van der Waals surface area contributed by atoms with Crippen LogP contribution in [0.5, 0.6) is 0 Å². The van der Waals surface area contributed by atoms with Crippen LogP contribution in [0.25, 0.3) is 0 Å². The Morgan fingerprint density at radius 2 is 2.33 bits per heavy atom. The van der Waals surface area contributed by atoms with Crippen molar-refractivity contribution in [1.82, 2.24) is 14.8 Å². The maximum Gasteiger partial charge on any atom is 0.238 e. The lowest BCUT2D eigenvalue weighted by atomic mass is 10.9. The normalized spacial score (nSPS) is 11.4. The molecular formula is C3H6N4O3S2. The predicted molar refractivity (Wildman–Crippen MR) is 42.2 cm³/mol. The van der Waals surface area contributed by atoms with Crippen LogP contribution in [0, 0.1) is 0 Å². The number of rotatable bonds is 4. The van der Waals surface area contributed by atoms with Crippen LogP contribution < -0.4 is 4.72 Å². The summed E-state index contributed by atoms with van der Waals surface area (Å²) in [6.07, 6.45) is 0. The summed E-state index contributed by atoms with van der Waals surface area (Å²) in [6.45, 7) is -0.429. The van der Waals surface area contributed by atoms with Gasteiger partial charge in [0, 0.05) is 11.5 Å². The lowest BCUT2D eigenvalue weighted by Gasteiger charge is -1.99. The fourth-order valence-corrected chi connectivity index (χ4v) is 1.88. The summed E-state index contributed by atoms with van der Waals surface area (Å²) in [4.78, 5) is 0. The van der Waals surface area contributed by atoms with Crippen LogP contribution in [0.15, 0.2) is 0 Å². The molecule has 1 heterocycles. The molecule has 0 atom stereocenters. The van der Waals surface area contributed by atoms with Crippen LogP contribution in [0.3, 0.4) is 0 Å². The Morgan fingerprint density at radius 1 is 1.58 bits per heavy atom. The van der Waals surface area contributed by atoms with Crippen LogP contribution in [-0.2, 0) is 10.0 Å². The van der Waals surface area contributed by atoms with Crippen molar-refractivity contribution in [2.45, 2.75) is 0 Å². The Labute approximate surface area is 72.6 Å². The van der Waals surface area contributed by atoms with Crippen molar-refractivity contribution in [3.05, 3.63) is 0 Å². The molecule has 0 aliphatic rings. The van der Waals surface area contributed by atoms with E-state index in [1.54, 1.807) is 0 Å². The van der Waals surface area contributed by atoms with Crippen LogP contribution in [0.4, 0.5) is 5.13 Å². The SMILES string of the molecule is O=S(=O)(CCO)Nc1nnns1. The Morgan fingerprint density at radius 3 is 2.83 bits per heavy atom. The molecular weight excluding hydrogens is 204 g/mol. The monoisotopic (exact) mass is 210 g/mol. The number of nitrogens with one attached hydrogen (secondary N) is 1. The molecule has 68 valence electrons. The molecule has 12 heavy (non-hydrogen) atoms. The summed E-state index contributed by atoms with van der Waals surface area (Å²) in [5, 5.41) is 15.0. The molecule has 0 fully saturated rings. The highest BCUT2D eigenvalue weighted by Crippen LogP contribution is 2.06. The van der Waals surface area contributed by atoms with Gasteiger partial charge < -0.3 is 5.11 Å². The number of nitrogens with zero attached hydrogens (tertiary/aromatic N) is 3. The van der Waals surface area contributed by atoms with Crippen molar-refractivity contribution < 1.29 is 13.5 Å². The molecule has 0 aromatic carbocycles. The second-order valence-electron chi connectivity index (χ2n) is 1.81. The highest BCUT2D eigenvalue weighted by molar-refractivity contribution is 7.92. The third-order valence-electron chi connectivity index (χ3n) is 0.902. The van der Waals surface area contributed by atoms with E-state index in [1.165, 1.54) is 0 Å².